The Bertz CT molecular complexity index is 1280. The highest BCUT2D eigenvalue weighted by atomic mass is 19.3. The number of benzene rings is 1. The van der Waals surface area contributed by atoms with Crippen LogP contribution in [0.4, 0.5) is 18.9 Å². The molecule has 1 N–H and O–H groups in total. The minimum Gasteiger partial charge on any atom is -0.338 e. The largest absolute Gasteiger partial charge is 0.338 e. The fourth-order valence-electron chi connectivity index (χ4n) is 3.43. The van der Waals surface area contributed by atoms with Crippen molar-refractivity contribution in [1.82, 2.24) is 24.4 Å². The summed E-state index contributed by atoms with van der Waals surface area (Å²) in [6, 6.07) is 9.66. The second-order valence-electron chi connectivity index (χ2n) is 7.21. The third-order valence-corrected chi connectivity index (χ3v) is 4.87. The SMILES string of the molecule is O=C(Nc1cccc(-c2noc(CN3CC(F)(F)C3)n2)c1F)c1cnc2ccccn12. The molecule has 4 aromatic rings. The molecule has 11 heteroatoms. The van der Waals surface area contributed by atoms with Crippen molar-refractivity contribution < 1.29 is 22.5 Å². The van der Waals surface area contributed by atoms with Crippen molar-refractivity contribution in [2.75, 3.05) is 18.4 Å². The van der Waals surface area contributed by atoms with Gasteiger partial charge in [-0.2, -0.15) is 4.98 Å². The lowest BCUT2D eigenvalue weighted by atomic mass is 10.1. The van der Waals surface area contributed by atoms with Crippen molar-refractivity contribution in [3.05, 3.63) is 66.2 Å². The fraction of sp³-hybridized carbons (Fsp3) is 0.200. The first-order chi connectivity index (χ1) is 14.9. The smallest absolute Gasteiger partial charge is 0.274 e. The highest BCUT2D eigenvalue weighted by Crippen LogP contribution is 2.29. The third-order valence-electron chi connectivity index (χ3n) is 4.87. The minimum atomic E-state index is -2.71. The van der Waals surface area contributed by atoms with E-state index in [0.29, 0.717) is 5.65 Å². The summed E-state index contributed by atoms with van der Waals surface area (Å²) in [7, 11) is 0. The van der Waals surface area contributed by atoms with E-state index >= 15 is 4.39 Å². The van der Waals surface area contributed by atoms with Crippen LogP contribution in [0.3, 0.4) is 0 Å². The van der Waals surface area contributed by atoms with Crippen LogP contribution < -0.4 is 5.32 Å². The van der Waals surface area contributed by atoms with Crippen LogP contribution in [0, 0.1) is 5.82 Å². The predicted molar refractivity (Wildman–Crippen MR) is 103 cm³/mol. The third kappa shape index (κ3) is 3.63. The van der Waals surface area contributed by atoms with Gasteiger partial charge in [-0.1, -0.05) is 17.3 Å². The number of pyridine rings is 1. The number of imidazole rings is 1. The number of hydrogen-bond acceptors (Lipinski definition) is 6. The molecule has 1 amide bonds. The van der Waals surface area contributed by atoms with Gasteiger partial charge in [0.2, 0.25) is 11.7 Å². The Kier molecular flexibility index (Phi) is 4.47. The van der Waals surface area contributed by atoms with Crippen molar-refractivity contribution in [1.29, 1.82) is 0 Å². The van der Waals surface area contributed by atoms with Gasteiger partial charge in [0.15, 0.2) is 5.82 Å². The number of carbonyl (C=O) groups excluding carboxylic acids is 1. The second kappa shape index (κ2) is 7.20. The monoisotopic (exact) mass is 428 g/mol. The van der Waals surface area contributed by atoms with Crippen LogP contribution in [-0.4, -0.2) is 49.3 Å². The molecule has 1 fully saturated rings. The molecule has 4 heterocycles. The van der Waals surface area contributed by atoms with Crippen molar-refractivity contribution in [2.45, 2.75) is 12.5 Å². The van der Waals surface area contributed by atoms with Crippen LogP contribution in [-0.2, 0) is 6.54 Å². The zero-order valence-electron chi connectivity index (χ0n) is 15.9. The Morgan fingerprint density at radius 2 is 2.03 bits per heavy atom. The Hall–Kier alpha value is -3.73. The maximum Gasteiger partial charge on any atom is 0.274 e. The number of rotatable bonds is 5. The topological polar surface area (TPSA) is 88.6 Å². The minimum absolute atomic E-state index is 0.0138. The van der Waals surface area contributed by atoms with Gasteiger partial charge in [0, 0.05) is 6.20 Å². The maximum atomic E-state index is 15.1. The van der Waals surface area contributed by atoms with Gasteiger partial charge in [0.25, 0.3) is 11.8 Å². The van der Waals surface area contributed by atoms with E-state index in [2.05, 4.69) is 20.4 Å². The number of nitrogens with zero attached hydrogens (tertiary/aromatic N) is 5. The zero-order chi connectivity index (χ0) is 21.6. The molecule has 0 radical (unpaired) electrons. The standard InChI is InChI=1S/C20H15F3N6O2/c21-17-12(18-26-16(31-27-18)9-28-10-20(22,23)11-28)4-3-5-13(17)25-19(30)14-8-24-15-6-1-2-7-29(14)15/h1-8H,9-11H2,(H,25,30). The number of likely N-dealkylation sites (tertiary alicyclic amines) is 1. The number of alkyl halides is 2. The summed E-state index contributed by atoms with van der Waals surface area (Å²) in [5, 5.41) is 6.27. The molecule has 0 spiro atoms. The molecule has 0 aliphatic carbocycles. The van der Waals surface area contributed by atoms with E-state index in [1.165, 1.54) is 29.3 Å². The summed E-state index contributed by atoms with van der Waals surface area (Å²) in [5.41, 5.74) is 0.775. The summed E-state index contributed by atoms with van der Waals surface area (Å²) in [6.45, 7) is -0.720. The van der Waals surface area contributed by atoms with Crippen molar-refractivity contribution in [2.24, 2.45) is 0 Å². The molecule has 0 unspecified atom stereocenters. The van der Waals surface area contributed by atoms with Gasteiger partial charge in [0.05, 0.1) is 37.1 Å². The summed E-state index contributed by atoms with van der Waals surface area (Å²) in [6.07, 6.45) is 3.08. The van der Waals surface area contributed by atoms with Crippen molar-refractivity contribution in [3.63, 3.8) is 0 Å². The molecule has 0 atom stereocenters. The van der Waals surface area contributed by atoms with Gasteiger partial charge in [-0.15, -0.1) is 0 Å². The molecule has 31 heavy (non-hydrogen) atoms. The molecule has 0 saturated carbocycles. The second-order valence-corrected chi connectivity index (χ2v) is 7.21. The lowest BCUT2D eigenvalue weighted by Gasteiger charge is -2.37. The number of amides is 1. The summed E-state index contributed by atoms with van der Waals surface area (Å²) in [5.74, 6) is -3.92. The van der Waals surface area contributed by atoms with E-state index in [1.54, 1.807) is 28.8 Å². The molecule has 158 valence electrons. The van der Waals surface area contributed by atoms with Crippen LogP contribution in [0.5, 0.6) is 0 Å². The highest BCUT2D eigenvalue weighted by Gasteiger charge is 2.44. The highest BCUT2D eigenvalue weighted by molar-refractivity contribution is 6.03. The molecular formula is C20H15F3N6O2. The molecular weight excluding hydrogens is 413 g/mol. The Morgan fingerprint density at radius 3 is 2.84 bits per heavy atom. The van der Waals surface area contributed by atoms with Crippen LogP contribution in [0.2, 0.25) is 0 Å². The average Bonchev–Trinajstić information content (AvgIpc) is 3.35. The van der Waals surface area contributed by atoms with Gasteiger partial charge in [-0.25, -0.2) is 18.2 Å². The quantitative estimate of drug-likeness (QED) is 0.525. The lowest BCUT2D eigenvalue weighted by molar-refractivity contribution is -0.136. The van der Waals surface area contributed by atoms with E-state index in [9.17, 15) is 13.6 Å². The molecule has 1 aliphatic heterocycles. The number of fused-ring (bicyclic) bond motifs is 1. The Morgan fingerprint density at radius 1 is 1.19 bits per heavy atom. The first kappa shape index (κ1) is 19.2. The number of carbonyl (C=O) groups is 1. The molecule has 3 aromatic heterocycles. The van der Waals surface area contributed by atoms with Crippen LogP contribution in [0.15, 0.2) is 53.3 Å². The van der Waals surface area contributed by atoms with E-state index in [1.807, 2.05) is 0 Å². The van der Waals surface area contributed by atoms with E-state index in [0.717, 1.165) is 0 Å². The molecule has 1 aliphatic rings. The number of hydrogen-bond donors (Lipinski definition) is 1. The Balaban J connectivity index is 1.35. The number of halogens is 3. The Labute approximate surface area is 173 Å². The van der Waals surface area contributed by atoms with Crippen LogP contribution >= 0.6 is 0 Å². The molecule has 0 bridgehead atoms. The van der Waals surface area contributed by atoms with Gasteiger partial charge in [-0.3, -0.25) is 14.1 Å². The number of aromatic nitrogens is 4. The zero-order valence-corrected chi connectivity index (χ0v) is 15.9. The van der Waals surface area contributed by atoms with Gasteiger partial charge in [0.1, 0.15) is 11.3 Å². The summed E-state index contributed by atoms with van der Waals surface area (Å²) >= 11 is 0. The van der Waals surface area contributed by atoms with E-state index in [-0.39, 0.29) is 48.3 Å². The molecule has 5 rings (SSSR count). The van der Waals surface area contributed by atoms with Crippen LogP contribution in [0.25, 0.3) is 17.0 Å². The first-order valence-electron chi connectivity index (χ1n) is 9.35. The number of anilines is 1. The number of nitrogens with one attached hydrogen (secondary N) is 1. The van der Waals surface area contributed by atoms with E-state index < -0.39 is 17.6 Å². The lowest BCUT2D eigenvalue weighted by Crippen LogP contribution is -2.55. The van der Waals surface area contributed by atoms with Crippen LogP contribution in [0.1, 0.15) is 16.4 Å². The van der Waals surface area contributed by atoms with Gasteiger partial charge in [-0.05, 0) is 24.3 Å². The average molecular weight is 428 g/mol. The molecule has 1 aromatic carbocycles. The van der Waals surface area contributed by atoms with Gasteiger partial charge < -0.3 is 9.84 Å². The first-order valence-corrected chi connectivity index (χ1v) is 9.35. The van der Waals surface area contributed by atoms with Crippen molar-refractivity contribution >= 4 is 17.2 Å². The summed E-state index contributed by atoms with van der Waals surface area (Å²) in [4.78, 5) is 22.3. The summed E-state index contributed by atoms with van der Waals surface area (Å²) < 4.78 is 47.6. The van der Waals surface area contributed by atoms with Gasteiger partial charge >= 0.3 is 0 Å². The predicted octanol–water partition coefficient (Wildman–Crippen LogP) is 3.23. The van der Waals surface area contributed by atoms with Crippen molar-refractivity contribution in [3.8, 4) is 11.4 Å². The molecule has 1 saturated heterocycles. The normalized spacial score (nSPS) is 15.7. The van der Waals surface area contributed by atoms with E-state index in [4.69, 9.17) is 4.52 Å². The fourth-order valence-corrected chi connectivity index (χ4v) is 3.43. The molecule has 8 nitrogen and oxygen atoms in total. The maximum absolute atomic E-state index is 15.1.